The summed E-state index contributed by atoms with van der Waals surface area (Å²) in [6.07, 6.45) is 0.257. The van der Waals surface area contributed by atoms with Crippen LogP contribution in [0.4, 0.5) is 0 Å². The Labute approximate surface area is 120 Å². The first-order valence-electron chi connectivity index (χ1n) is 6.40. The minimum absolute atomic E-state index is 0.257. The Hall–Kier alpha value is -1.46. The van der Waals surface area contributed by atoms with E-state index in [4.69, 9.17) is 14.2 Å². The van der Waals surface area contributed by atoms with Gasteiger partial charge in [-0.1, -0.05) is 0 Å². The average Bonchev–Trinajstić information content (AvgIpc) is 2.35. The molecule has 0 aliphatic heterocycles. The van der Waals surface area contributed by atoms with E-state index in [1.54, 1.807) is 32.9 Å². The molecule has 0 spiro atoms. The summed E-state index contributed by atoms with van der Waals surface area (Å²) < 4.78 is 15.8. The predicted octanol–water partition coefficient (Wildman–Crippen LogP) is 1.78. The second-order valence-corrected chi connectivity index (χ2v) is 5.54. The molecule has 0 bridgehead atoms. The topological polar surface area (TPSA) is 68.2 Å². The molecule has 20 heavy (non-hydrogen) atoms. The van der Waals surface area contributed by atoms with Gasteiger partial charge in [-0.15, -0.1) is 0 Å². The van der Waals surface area contributed by atoms with Crippen molar-refractivity contribution < 1.29 is 24.4 Å². The highest BCUT2D eigenvalue weighted by atomic mass is 16.5. The van der Waals surface area contributed by atoms with E-state index in [0.29, 0.717) is 17.2 Å². The highest BCUT2D eigenvalue weighted by Gasteiger charge is 2.37. The standard InChI is InChI=1S/C15H24O5/c1-14(2,16)15(3,17)9-10-7-11(18-4)13(20-6)12(8-10)19-5/h7-8,16-17H,9H2,1-6H3. The molecular weight excluding hydrogens is 260 g/mol. The molecule has 114 valence electrons. The van der Waals surface area contributed by atoms with Crippen LogP contribution in [0.2, 0.25) is 0 Å². The molecule has 1 unspecified atom stereocenters. The number of benzene rings is 1. The van der Waals surface area contributed by atoms with Crippen LogP contribution in [-0.2, 0) is 6.42 Å². The van der Waals surface area contributed by atoms with Crippen molar-refractivity contribution in [1.82, 2.24) is 0 Å². The van der Waals surface area contributed by atoms with Crippen molar-refractivity contribution in [1.29, 1.82) is 0 Å². The van der Waals surface area contributed by atoms with E-state index in [0.717, 1.165) is 5.56 Å². The van der Waals surface area contributed by atoms with Gasteiger partial charge in [0, 0.05) is 6.42 Å². The normalized spacial score (nSPS) is 14.6. The van der Waals surface area contributed by atoms with Gasteiger partial charge < -0.3 is 24.4 Å². The third kappa shape index (κ3) is 3.35. The zero-order valence-corrected chi connectivity index (χ0v) is 13.0. The lowest BCUT2D eigenvalue weighted by molar-refractivity contribution is -0.118. The van der Waals surface area contributed by atoms with Crippen LogP contribution in [0.1, 0.15) is 26.3 Å². The van der Waals surface area contributed by atoms with E-state index in [-0.39, 0.29) is 6.42 Å². The van der Waals surface area contributed by atoms with Crippen molar-refractivity contribution in [3.63, 3.8) is 0 Å². The van der Waals surface area contributed by atoms with E-state index in [2.05, 4.69) is 0 Å². The van der Waals surface area contributed by atoms with E-state index >= 15 is 0 Å². The number of hydrogen-bond acceptors (Lipinski definition) is 5. The lowest BCUT2D eigenvalue weighted by Gasteiger charge is -2.35. The SMILES string of the molecule is COc1cc(CC(C)(O)C(C)(C)O)cc(OC)c1OC. The largest absolute Gasteiger partial charge is 0.493 e. The summed E-state index contributed by atoms with van der Waals surface area (Å²) in [5.74, 6) is 1.54. The fraction of sp³-hybridized carbons (Fsp3) is 0.600. The molecule has 2 N–H and O–H groups in total. The quantitative estimate of drug-likeness (QED) is 0.833. The minimum atomic E-state index is -1.28. The molecule has 0 aliphatic rings. The molecule has 0 radical (unpaired) electrons. The number of hydrogen-bond donors (Lipinski definition) is 2. The van der Waals surface area contributed by atoms with Crippen LogP contribution in [0.25, 0.3) is 0 Å². The second kappa shape index (κ2) is 5.89. The lowest BCUT2D eigenvalue weighted by atomic mass is 9.82. The van der Waals surface area contributed by atoms with Crippen LogP contribution in [0.5, 0.6) is 17.2 Å². The third-order valence-electron chi connectivity index (χ3n) is 3.59. The molecule has 0 heterocycles. The molecule has 0 amide bonds. The summed E-state index contributed by atoms with van der Waals surface area (Å²) in [6, 6.07) is 3.53. The maximum Gasteiger partial charge on any atom is 0.203 e. The highest BCUT2D eigenvalue weighted by Crippen LogP contribution is 2.39. The van der Waals surface area contributed by atoms with Gasteiger partial charge in [0.05, 0.1) is 32.5 Å². The number of methoxy groups -OCH3 is 3. The molecule has 0 aliphatic carbocycles. The molecule has 1 aromatic rings. The molecule has 5 heteroatoms. The molecule has 1 rings (SSSR count). The summed E-state index contributed by atoms with van der Waals surface area (Å²) in [5.41, 5.74) is -1.73. The van der Waals surface area contributed by atoms with Crippen molar-refractivity contribution >= 4 is 0 Å². The van der Waals surface area contributed by atoms with E-state index in [1.165, 1.54) is 21.3 Å². The van der Waals surface area contributed by atoms with E-state index in [1.807, 2.05) is 0 Å². The number of rotatable bonds is 6. The molecule has 0 saturated heterocycles. The van der Waals surface area contributed by atoms with Gasteiger partial charge in [0.25, 0.3) is 0 Å². The van der Waals surface area contributed by atoms with Gasteiger partial charge in [0.15, 0.2) is 11.5 Å². The lowest BCUT2D eigenvalue weighted by Crippen LogP contribution is -2.49. The summed E-state index contributed by atoms with van der Waals surface area (Å²) in [4.78, 5) is 0. The molecule has 0 saturated carbocycles. The smallest absolute Gasteiger partial charge is 0.203 e. The Balaban J connectivity index is 3.21. The maximum absolute atomic E-state index is 10.4. The second-order valence-electron chi connectivity index (χ2n) is 5.54. The Bertz CT molecular complexity index is 435. The van der Waals surface area contributed by atoms with Crippen LogP contribution in [0.3, 0.4) is 0 Å². The van der Waals surface area contributed by atoms with Crippen molar-refractivity contribution in [2.45, 2.75) is 38.4 Å². The van der Waals surface area contributed by atoms with Crippen molar-refractivity contribution in [2.24, 2.45) is 0 Å². The van der Waals surface area contributed by atoms with Crippen molar-refractivity contribution in [3.05, 3.63) is 17.7 Å². The molecule has 0 aromatic heterocycles. The Morgan fingerprint density at radius 2 is 1.35 bits per heavy atom. The van der Waals surface area contributed by atoms with Gasteiger partial charge in [-0.25, -0.2) is 0 Å². The van der Waals surface area contributed by atoms with E-state index in [9.17, 15) is 10.2 Å². The van der Waals surface area contributed by atoms with Crippen LogP contribution in [0.15, 0.2) is 12.1 Å². The van der Waals surface area contributed by atoms with E-state index < -0.39 is 11.2 Å². The molecule has 1 aromatic carbocycles. The van der Waals surface area contributed by atoms with Gasteiger partial charge in [0.2, 0.25) is 5.75 Å². The fourth-order valence-corrected chi connectivity index (χ4v) is 1.85. The van der Waals surface area contributed by atoms with Gasteiger partial charge in [-0.3, -0.25) is 0 Å². The van der Waals surface area contributed by atoms with Crippen molar-refractivity contribution in [3.8, 4) is 17.2 Å². The van der Waals surface area contributed by atoms with Gasteiger partial charge in [-0.2, -0.15) is 0 Å². The first-order chi connectivity index (χ1) is 9.16. The van der Waals surface area contributed by atoms with Crippen LogP contribution in [0, 0.1) is 0 Å². The first kappa shape index (κ1) is 16.6. The number of ether oxygens (including phenoxy) is 3. The third-order valence-corrected chi connectivity index (χ3v) is 3.59. The molecular formula is C15H24O5. The monoisotopic (exact) mass is 284 g/mol. The van der Waals surface area contributed by atoms with Crippen LogP contribution >= 0.6 is 0 Å². The summed E-state index contributed by atoms with van der Waals surface area (Å²) in [7, 11) is 4.61. The first-order valence-corrected chi connectivity index (χ1v) is 6.40. The zero-order valence-electron chi connectivity index (χ0n) is 13.0. The molecule has 1 atom stereocenters. The van der Waals surface area contributed by atoms with Gasteiger partial charge in [0.1, 0.15) is 0 Å². The minimum Gasteiger partial charge on any atom is -0.493 e. The highest BCUT2D eigenvalue weighted by molar-refractivity contribution is 5.54. The van der Waals surface area contributed by atoms with Crippen molar-refractivity contribution in [2.75, 3.05) is 21.3 Å². The fourth-order valence-electron chi connectivity index (χ4n) is 1.85. The van der Waals surface area contributed by atoms with Crippen LogP contribution < -0.4 is 14.2 Å². The van der Waals surface area contributed by atoms with Crippen LogP contribution in [-0.4, -0.2) is 42.7 Å². The Morgan fingerprint density at radius 1 is 0.900 bits per heavy atom. The summed E-state index contributed by atoms with van der Waals surface area (Å²) >= 11 is 0. The number of aliphatic hydroxyl groups is 2. The summed E-state index contributed by atoms with van der Waals surface area (Å²) in [5, 5.41) is 20.4. The molecule has 5 nitrogen and oxygen atoms in total. The average molecular weight is 284 g/mol. The Kier molecular flexibility index (Phi) is 4.89. The predicted molar refractivity (Wildman–Crippen MR) is 76.7 cm³/mol. The maximum atomic E-state index is 10.4. The Morgan fingerprint density at radius 3 is 1.65 bits per heavy atom. The summed E-state index contributed by atoms with van der Waals surface area (Å²) in [6.45, 7) is 4.74. The molecule has 0 fully saturated rings. The zero-order chi connectivity index (χ0) is 15.6. The van der Waals surface area contributed by atoms with Gasteiger partial charge in [-0.05, 0) is 38.5 Å². The van der Waals surface area contributed by atoms with Gasteiger partial charge >= 0.3 is 0 Å².